The molecule has 0 bridgehead atoms. The normalized spacial score (nSPS) is 19.0. The van der Waals surface area contributed by atoms with Gasteiger partial charge in [0.15, 0.2) is 0 Å². The van der Waals surface area contributed by atoms with Crippen molar-refractivity contribution in [3.8, 4) is 0 Å². The van der Waals surface area contributed by atoms with Crippen LogP contribution in [0, 0.1) is 5.92 Å². The Morgan fingerprint density at radius 1 is 1.04 bits per heavy atom. The highest BCUT2D eigenvalue weighted by Gasteiger charge is 2.18. The van der Waals surface area contributed by atoms with E-state index in [1.807, 2.05) is 0 Å². The molecule has 0 fully saturated rings. The first kappa shape index (κ1) is 16.1. The van der Waals surface area contributed by atoms with Crippen LogP contribution in [0.4, 0.5) is 0 Å². The number of aliphatic imine (C=N–C) groups is 1. The first-order valence-corrected chi connectivity index (χ1v) is 9.35. The number of hydrogen-bond donors (Lipinski definition) is 0. The molecule has 2 aliphatic rings. The van der Waals surface area contributed by atoms with E-state index in [1.165, 1.54) is 28.7 Å². The summed E-state index contributed by atoms with van der Waals surface area (Å²) in [5.41, 5.74) is 7.17. The molecule has 0 radical (unpaired) electrons. The maximum absolute atomic E-state index is 4.72. The van der Waals surface area contributed by atoms with Crippen LogP contribution in [0.25, 0.3) is 6.08 Å². The second-order valence-corrected chi connectivity index (χ2v) is 7.31. The molecule has 0 N–H and O–H groups in total. The number of hydrogen-bond acceptors (Lipinski definition) is 2. The summed E-state index contributed by atoms with van der Waals surface area (Å²) in [6.07, 6.45) is 7.95. The quantitative estimate of drug-likeness (QED) is 0.813. The topological polar surface area (TPSA) is 15.6 Å². The number of benzene rings is 2. The maximum atomic E-state index is 4.72. The molecule has 2 nitrogen and oxygen atoms in total. The number of nitrogens with zero attached hydrogens (tertiary/aromatic N) is 2. The van der Waals surface area contributed by atoms with Crippen LogP contribution in [0.1, 0.15) is 34.7 Å². The van der Waals surface area contributed by atoms with Crippen molar-refractivity contribution >= 4 is 11.9 Å². The van der Waals surface area contributed by atoms with Crippen LogP contribution in [0.2, 0.25) is 0 Å². The molecule has 1 unspecified atom stereocenters. The average Bonchev–Trinajstić information content (AvgIpc) is 3.06. The van der Waals surface area contributed by atoms with Crippen molar-refractivity contribution in [2.45, 2.75) is 26.2 Å². The van der Waals surface area contributed by atoms with Gasteiger partial charge < -0.3 is 4.90 Å². The summed E-state index contributed by atoms with van der Waals surface area (Å²) in [5.74, 6) is 1.80. The van der Waals surface area contributed by atoms with Crippen molar-refractivity contribution in [2.75, 3.05) is 20.1 Å². The van der Waals surface area contributed by atoms with Crippen LogP contribution in [0.3, 0.4) is 0 Å². The zero-order valence-corrected chi connectivity index (χ0v) is 15.2. The molecule has 128 valence electrons. The van der Waals surface area contributed by atoms with Crippen molar-refractivity contribution < 1.29 is 0 Å². The monoisotopic (exact) mass is 330 g/mol. The third-order valence-electron chi connectivity index (χ3n) is 5.42. The smallest absolute Gasteiger partial charge is 0.131 e. The highest BCUT2D eigenvalue weighted by atomic mass is 15.2. The van der Waals surface area contributed by atoms with Crippen LogP contribution in [0.15, 0.2) is 53.5 Å². The first-order chi connectivity index (χ1) is 12.2. The average molecular weight is 330 g/mol. The molecule has 1 heterocycles. The Morgan fingerprint density at radius 2 is 1.84 bits per heavy atom. The fourth-order valence-electron chi connectivity index (χ4n) is 4.00. The molecule has 4 rings (SSSR count). The van der Waals surface area contributed by atoms with Gasteiger partial charge in [0.1, 0.15) is 5.84 Å². The van der Waals surface area contributed by atoms with Crippen molar-refractivity contribution in [2.24, 2.45) is 10.9 Å². The van der Waals surface area contributed by atoms with Crippen molar-refractivity contribution in [3.05, 3.63) is 76.4 Å². The van der Waals surface area contributed by atoms with Gasteiger partial charge in [-0.3, -0.25) is 4.99 Å². The lowest BCUT2D eigenvalue weighted by Gasteiger charge is -2.20. The molecule has 1 aliphatic heterocycles. The molecule has 0 spiro atoms. The molecule has 0 saturated heterocycles. The Balaban J connectivity index is 1.59. The number of likely N-dealkylation sites (N-methyl/N-ethyl adjacent to an activating group) is 1. The maximum Gasteiger partial charge on any atom is 0.131 e. The highest BCUT2D eigenvalue weighted by Crippen LogP contribution is 2.27. The second kappa shape index (κ2) is 6.87. The Hall–Kier alpha value is -2.35. The van der Waals surface area contributed by atoms with Gasteiger partial charge in [-0.2, -0.15) is 0 Å². The second-order valence-electron chi connectivity index (χ2n) is 7.31. The predicted molar refractivity (Wildman–Crippen MR) is 106 cm³/mol. The van der Waals surface area contributed by atoms with E-state index in [0.29, 0.717) is 5.92 Å². The Morgan fingerprint density at radius 3 is 2.68 bits per heavy atom. The lowest BCUT2D eigenvalue weighted by Crippen LogP contribution is -2.24. The van der Waals surface area contributed by atoms with Crippen LogP contribution in [0.5, 0.6) is 0 Å². The van der Waals surface area contributed by atoms with Gasteiger partial charge in [-0.15, -0.1) is 0 Å². The van der Waals surface area contributed by atoms with Crippen LogP contribution >= 0.6 is 0 Å². The standard InChI is InChI=1S/C23H26N2/c1-17-10-11-19-7-5-8-20(22(19)16-17)13-12-18-6-3-4-9-21(18)23-24-14-15-25(23)2/h3-11,17H,12-16H2,1-2H3. The van der Waals surface area contributed by atoms with Crippen molar-refractivity contribution in [1.29, 1.82) is 0 Å². The summed E-state index contributed by atoms with van der Waals surface area (Å²) in [5, 5.41) is 0. The third kappa shape index (κ3) is 3.26. The van der Waals surface area contributed by atoms with Gasteiger partial charge in [0, 0.05) is 19.2 Å². The number of allylic oxidation sites excluding steroid dienone is 1. The molecule has 0 saturated carbocycles. The molecule has 2 aromatic rings. The summed E-state index contributed by atoms with van der Waals surface area (Å²) in [4.78, 5) is 6.99. The van der Waals surface area contributed by atoms with E-state index < -0.39 is 0 Å². The van der Waals surface area contributed by atoms with Gasteiger partial charge in [0.2, 0.25) is 0 Å². The molecule has 2 heteroatoms. The van der Waals surface area contributed by atoms with E-state index in [2.05, 4.69) is 73.5 Å². The summed E-state index contributed by atoms with van der Waals surface area (Å²) in [6, 6.07) is 15.5. The van der Waals surface area contributed by atoms with E-state index in [0.717, 1.165) is 31.8 Å². The van der Waals surface area contributed by atoms with Crippen LogP contribution < -0.4 is 0 Å². The first-order valence-electron chi connectivity index (χ1n) is 9.35. The minimum absolute atomic E-state index is 0.641. The number of fused-ring (bicyclic) bond motifs is 1. The third-order valence-corrected chi connectivity index (χ3v) is 5.42. The Labute approximate surface area is 150 Å². The molecule has 0 amide bonds. The number of aryl methyl sites for hydroxylation is 2. The van der Waals surface area contributed by atoms with E-state index in [4.69, 9.17) is 4.99 Å². The number of rotatable bonds is 4. The molecular weight excluding hydrogens is 304 g/mol. The van der Waals surface area contributed by atoms with E-state index in [-0.39, 0.29) is 0 Å². The van der Waals surface area contributed by atoms with Gasteiger partial charge in [0.05, 0.1) is 6.54 Å². The fraction of sp³-hybridized carbons (Fsp3) is 0.348. The Bertz CT molecular complexity index is 832. The molecule has 1 aliphatic carbocycles. The van der Waals surface area contributed by atoms with Gasteiger partial charge in [-0.1, -0.05) is 61.5 Å². The summed E-state index contributed by atoms with van der Waals surface area (Å²) >= 11 is 0. The molecule has 2 aromatic carbocycles. The van der Waals surface area contributed by atoms with Gasteiger partial charge in [0.25, 0.3) is 0 Å². The summed E-state index contributed by atoms with van der Waals surface area (Å²) in [7, 11) is 2.14. The Kier molecular flexibility index (Phi) is 4.44. The minimum Gasteiger partial charge on any atom is -0.358 e. The lowest BCUT2D eigenvalue weighted by atomic mass is 9.85. The number of amidine groups is 1. The minimum atomic E-state index is 0.641. The van der Waals surface area contributed by atoms with E-state index in [9.17, 15) is 0 Å². The van der Waals surface area contributed by atoms with Crippen molar-refractivity contribution in [1.82, 2.24) is 4.90 Å². The van der Waals surface area contributed by atoms with Gasteiger partial charge >= 0.3 is 0 Å². The van der Waals surface area contributed by atoms with Crippen molar-refractivity contribution in [3.63, 3.8) is 0 Å². The molecule has 0 aromatic heterocycles. The molecule has 1 atom stereocenters. The van der Waals surface area contributed by atoms with E-state index in [1.54, 1.807) is 5.56 Å². The lowest BCUT2D eigenvalue weighted by molar-refractivity contribution is 0.556. The van der Waals surface area contributed by atoms with Gasteiger partial charge in [-0.25, -0.2) is 0 Å². The SMILES string of the molecule is CC1C=Cc2cccc(CCc3ccccc3C3=NCCN3C)c2C1. The van der Waals surface area contributed by atoms with E-state index >= 15 is 0 Å². The van der Waals surface area contributed by atoms with Crippen LogP contribution in [-0.4, -0.2) is 30.9 Å². The highest BCUT2D eigenvalue weighted by molar-refractivity contribution is 6.00. The summed E-state index contributed by atoms with van der Waals surface area (Å²) in [6.45, 7) is 4.25. The van der Waals surface area contributed by atoms with Crippen LogP contribution in [-0.2, 0) is 19.3 Å². The largest absolute Gasteiger partial charge is 0.358 e. The fourth-order valence-corrected chi connectivity index (χ4v) is 4.00. The zero-order valence-electron chi connectivity index (χ0n) is 15.2. The summed E-state index contributed by atoms with van der Waals surface area (Å²) < 4.78 is 0. The predicted octanol–water partition coefficient (Wildman–Crippen LogP) is 4.37. The zero-order chi connectivity index (χ0) is 17.2. The molecular formula is C23H26N2. The molecule has 25 heavy (non-hydrogen) atoms. The van der Waals surface area contributed by atoms with Gasteiger partial charge in [-0.05, 0) is 47.4 Å².